The van der Waals surface area contributed by atoms with Gasteiger partial charge in [0.25, 0.3) is 5.91 Å². The van der Waals surface area contributed by atoms with Gasteiger partial charge in [-0.25, -0.2) is 9.97 Å². The summed E-state index contributed by atoms with van der Waals surface area (Å²) in [6.07, 6.45) is -0.143. The van der Waals surface area contributed by atoms with E-state index >= 15 is 0 Å². The number of pyridine rings is 1. The summed E-state index contributed by atoms with van der Waals surface area (Å²) in [6, 6.07) is 14.3. The topological polar surface area (TPSA) is 95.6 Å². The Labute approximate surface area is 205 Å². The predicted octanol–water partition coefficient (Wildman–Crippen LogP) is 5.64. The zero-order chi connectivity index (χ0) is 25.9. The molecule has 182 valence electrons. The summed E-state index contributed by atoms with van der Waals surface area (Å²) < 4.78 is 43.7. The number of carbonyl (C=O) groups excluding carboxylic acids is 1. The number of hydrogen-bond acceptors (Lipinski definition) is 5. The fraction of sp³-hybridized carbons (Fsp3) is 0.154. The molecule has 0 aliphatic rings. The van der Waals surface area contributed by atoms with Crippen LogP contribution in [-0.4, -0.2) is 20.4 Å². The molecule has 0 aliphatic carbocycles. The molecule has 2 aromatic heterocycles. The van der Waals surface area contributed by atoms with Crippen molar-refractivity contribution in [3.8, 4) is 11.8 Å². The number of anilines is 2. The van der Waals surface area contributed by atoms with E-state index in [4.69, 9.17) is 5.26 Å². The number of aryl methyl sites for hydroxylation is 1. The first-order valence-corrected chi connectivity index (χ1v) is 10.9. The number of nitrogens with zero attached hydrogens (tertiary/aromatic N) is 4. The summed E-state index contributed by atoms with van der Waals surface area (Å²) >= 11 is 0. The molecule has 4 rings (SSSR count). The molecule has 0 atom stereocenters. The number of hydrogen-bond donors (Lipinski definition) is 2. The van der Waals surface area contributed by atoms with Gasteiger partial charge in [0.2, 0.25) is 0 Å². The van der Waals surface area contributed by atoms with E-state index in [-0.39, 0.29) is 29.2 Å². The molecule has 10 heteroatoms. The maximum atomic E-state index is 14.1. The van der Waals surface area contributed by atoms with E-state index in [0.717, 1.165) is 6.07 Å². The van der Waals surface area contributed by atoms with Crippen LogP contribution in [0.1, 0.15) is 38.4 Å². The van der Waals surface area contributed by atoms with Crippen molar-refractivity contribution in [2.45, 2.75) is 26.6 Å². The van der Waals surface area contributed by atoms with E-state index in [1.54, 1.807) is 49.5 Å². The Bertz CT molecular complexity index is 1460. The zero-order valence-electron chi connectivity index (χ0n) is 19.4. The molecule has 7 nitrogen and oxygen atoms in total. The van der Waals surface area contributed by atoms with Gasteiger partial charge >= 0.3 is 6.18 Å². The van der Waals surface area contributed by atoms with Crippen LogP contribution in [0.15, 0.2) is 67.3 Å². The van der Waals surface area contributed by atoms with Gasteiger partial charge in [-0.15, -0.1) is 0 Å². The normalized spacial score (nSPS) is 11.1. The maximum absolute atomic E-state index is 14.1. The standard InChI is InChI=1S/C26H21F3N6O/c1-16-14-35(15-33-16)24-17(2)22(26(27,28)29)11-23(34-25(36)18-6-4-3-5-7-18)21(24)13-32-19-8-9-31-20(10-19)12-30/h3-11,14-15H,13H2,1-2H3,(H,31,32)(H,34,36). The Morgan fingerprint density at radius 3 is 2.50 bits per heavy atom. The number of carbonyl (C=O) groups is 1. The molecule has 0 radical (unpaired) electrons. The number of alkyl halides is 3. The highest BCUT2D eigenvalue weighted by Gasteiger charge is 2.35. The van der Waals surface area contributed by atoms with Crippen molar-refractivity contribution in [2.75, 3.05) is 10.6 Å². The molecule has 0 fully saturated rings. The third-order valence-corrected chi connectivity index (χ3v) is 5.56. The SMILES string of the molecule is Cc1cn(-c2c(C)c(C(F)(F)F)cc(NC(=O)c3ccccc3)c2CNc2ccnc(C#N)c2)cn1. The van der Waals surface area contributed by atoms with E-state index in [1.807, 2.05) is 6.07 Å². The molecule has 4 aromatic rings. The van der Waals surface area contributed by atoms with Gasteiger partial charge in [0.05, 0.1) is 23.3 Å². The first-order chi connectivity index (χ1) is 17.2. The third-order valence-electron chi connectivity index (χ3n) is 5.56. The van der Waals surface area contributed by atoms with Crippen LogP contribution >= 0.6 is 0 Å². The van der Waals surface area contributed by atoms with Crippen LogP contribution in [0.3, 0.4) is 0 Å². The summed E-state index contributed by atoms with van der Waals surface area (Å²) in [5.74, 6) is -0.544. The average Bonchev–Trinajstić information content (AvgIpc) is 3.29. The lowest BCUT2D eigenvalue weighted by atomic mass is 9.98. The average molecular weight is 490 g/mol. The number of benzene rings is 2. The summed E-state index contributed by atoms with van der Waals surface area (Å²) in [6.45, 7) is 3.17. The maximum Gasteiger partial charge on any atom is 0.416 e. The van der Waals surface area contributed by atoms with Crippen molar-refractivity contribution < 1.29 is 18.0 Å². The van der Waals surface area contributed by atoms with Crippen molar-refractivity contribution in [2.24, 2.45) is 0 Å². The number of halogens is 3. The highest BCUT2D eigenvalue weighted by molar-refractivity contribution is 6.05. The first kappa shape index (κ1) is 24.5. The second-order valence-electron chi connectivity index (χ2n) is 8.06. The molecule has 1 amide bonds. The molecule has 36 heavy (non-hydrogen) atoms. The zero-order valence-corrected chi connectivity index (χ0v) is 19.4. The van der Waals surface area contributed by atoms with Gasteiger partial charge in [0.1, 0.15) is 11.8 Å². The predicted molar refractivity (Wildman–Crippen MR) is 129 cm³/mol. The molecule has 2 N–H and O–H groups in total. The van der Waals surface area contributed by atoms with Gasteiger partial charge in [-0.3, -0.25) is 4.79 Å². The van der Waals surface area contributed by atoms with Crippen LogP contribution in [-0.2, 0) is 12.7 Å². The van der Waals surface area contributed by atoms with E-state index in [9.17, 15) is 18.0 Å². The van der Waals surface area contributed by atoms with Crippen LogP contribution in [0.25, 0.3) is 5.69 Å². The third kappa shape index (κ3) is 5.20. The minimum atomic E-state index is -4.65. The fourth-order valence-corrected chi connectivity index (χ4v) is 3.88. The molecule has 0 saturated carbocycles. The van der Waals surface area contributed by atoms with Crippen LogP contribution in [0, 0.1) is 25.2 Å². The molecule has 2 heterocycles. The van der Waals surface area contributed by atoms with Crippen LogP contribution in [0.4, 0.5) is 24.5 Å². The number of amides is 1. The lowest BCUT2D eigenvalue weighted by Gasteiger charge is -2.23. The molecule has 0 bridgehead atoms. The first-order valence-electron chi connectivity index (χ1n) is 10.9. The Hall–Kier alpha value is -4.65. The number of rotatable bonds is 6. The fourth-order valence-electron chi connectivity index (χ4n) is 3.88. The smallest absolute Gasteiger partial charge is 0.381 e. The van der Waals surface area contributed by atoms with Gasteiger partial charge in [-0.1, -0.05) is 18.2 Å². The molecule has 2 aromatic carbocycles. The summed E-state index contributed by atoms with van der Waals surface area (Å²) in [7, 11) is 0. The van der Waals surface area contributed by atoms with E-state index in [2.05, 4.69) is 20.6 Å². The van der Waals surface area contributed by atoms with Crippen molar-refractivity contribution >= 4 is 17.3 Å². The van der Waals surface area contributed by atoms with Gasteiger partial charge in [-0.05, 0) is 49.7 Å². The summed E-state index contributed by atoms with van der Waals surface area (Å²) in [5.41, 5.74) is 1.44. The van der Waals surface area contributed by atoms with Crippen LogP contribution in [0.2, 0.25) is 0 Å². The largest absolute Gasteiger partial charge is 0.416 e. The Morgan fingerprint density at radius 1 is 1.11 bits per heavy atom. The minimum Gasteiger partial charge on any atom is -0.381 e. The molecule has 0 unspecified atom stereocenters. The van der Waals surface area contributed by atoms with Crippen LogP contribution in [0.5, 0.6) is 0 Å². The van der Waals surface area contributed by atoms with Crippen molar-refractivity contribution in [3.05, 3.63) is 101 Å². The summed E-state index contributed by atoms with van der Waals surface area (Å²) in [4.78, 5) is 21.1. The summed E-state index contributed by atoms with van der Waals surface area (Å²) in [5, 5.41) is 14.9. The quantitative estimate of drug-likeness (QED) is 0.365. The highest BCUT2D eigenvalue weighted by atomic mass is 19.4. The van der Waals surface area contributed by atoms with Gasteiger partial charge in [-0.2, -0.15) is 18.4 Å². The Balaban J connectivity index is 1.87. The molecular formula is C26H21F3N6O. The molecule has 0 spiro atoms. The number of imidazole rings is 1. The van der Waals surface area contributed by atoms with Crippen molar-refractivity contribution in [1.82, 2.24) is 14.5 Å². The minimum absolute atomic E-state index is 0.00481. The van der Waals surface area contributed by atoms with Crippen molar-refractivity contribution in [1.29, 1.82) is 5.26 Å². The Morgan fingerprint density at radius 2 is 1.86 bits per heavy atom. The second kappa shape index (κ2) is 9.92. The van der Waals surface area contributed by atoms with Gasteiger partial charge in [0.15, 0.2) is 0 Å². The monoisotopic (exact) mass is 490 g/mol. The van der Waals surface area contributed by atoms with E-state index in [1.165, 1.54) is 30.1 Å². The highest BCUT2D eigenvalue weighted by Crippen LogP contribution is 2.39. The second-order valence-corrected chi connectivity index (χ2v) is 8.06. The van der Waals surface area contributed by atoms with Gasteiger partial charge in [0, 0.05) is 41.4 Å². The van der Waals surface area contributed by atoms with Gasteiger partial charge < -0.3 is 15.2 Å². The molecule has 0 saturated heterocycles. The lowest BCUT2D eigenvalue weighted by molar-refractivity contribution is -0.138. The number of aromatic nitrogens is 3. The Kier molecular flexibility index (Phi) is 6.74. The number of nitriles is 1. The van der Waals surface area contributed by atoms with Crippen LogP contribution < -0.4 is 10.6 Å². The van der Waals surface area contributed by atoms with Crippen molar-refractivity contribution in [3.63, 3.8) is 0 Å². The van der Waals surface area contributed by atoms with E-state index < -0.39 is 17.6 Å². The van der Waals surface area contributed by atoms with E-state index in [0.29, 0.717) is 22.5 Å². The molecular weight excluding hydrogens is 469 g/mol. The molecule has 0 aliphatic heterocycles. The number of nitrogens with one attached hydrogen (secondary N) is 2. The lowest BCUT2D eigenvalue weighted by Crippen LogP contribution is -2.19.